The molecule has 20 heavy (non-hydrogen) atoms. The third-order valence-corrected chi connectivity index (χ3v) is 4.69. The largest absolute Gasteiger partial charge is 0.424 e. The van der Waals surface area contributed by atoms with Crippen LogP contribution < -0.4 is 0 Å². The van der Waals surface area contributed by atoms with Gasteiger partial charge in [-0.1, -0.05) is 12.1 Å². The van der Waals surface area contributed by atoms with Crippen molar-refractivity contribution in [2.45, 2.75) is 18.7 Å². The number of carbonyl (C=O) groups excluding carboxylic acids is 2. The van der Waals surface area contributed by atoms with Crippen LogP contribution in [0.3, 0.4) is 0 Å². The van der Waals surface area contributed by atoms with Gasteiger partial charge in [-0.3, -0.25) is 13.9 Å². The lowest BCUT2D eigenvalue weighted by molar-refractivity contribution is -0.134. The lowest BCUT2D eigenvalue weighted by Gasteiger charge is -2.29. The van der Waals surface area contributed by atoms with Crippen LogP contribution >= 0.6 is 0 Å². The molecule has 0 unspecified atom stereocenters. The quantitative estimate of drug-likeness (QED) is 0.764. The molecule has 0 aliphatic carbocycles. The van der Waals surface area contributed by atoms with Crippen molar-refractivity contribution >= 4 is 27.5 Å². The number of hydrogen-bond donors (Lipinski definition) is 0. The molecule has 0 fully saturated rings. The van der Waals surface area contributed by atoms with Crippen molar-refractivity contribution < 1.29 is 22.7 Å². The molecule has 2 rings (SSSR count). The second kappa shape index (κ2) is 4.75. The number of carbonyl (C=O) groups is 2. The van der Waals surface area contributed by atoms with E-state index in [4.69, 9.17) is 4.74 Å². The van der Waals surface area contributed by atoms with Gasteiger partial charge in [0.1, 0.15) is 5.70 Å². The molecule has 1 aliphatic rings. The van der Waals surface area contributed by atoms with Crippen LogP contribution in [0.25, 0.3) is 5.76 Å². The maximum atomic E-state index is 12.3. The zero-order valence-electron chi connectivity index (χ0n) is 11.2. The van der Waals surface area contributed by atoms with Gasteiger partial charge in [0.15, 0.2) is 11.5 Å². The first-order valence-electron chi connectivity index (χ1n) is 5.78. The highest BCUT2D eigenvalue weighted by atomic mass is 32.2. The summed E-state index contributed by atoms with van der Waals surface area (Å²) in [5.74, 6) is -1.15. The molecule has 1 aromatic carbocycles. The third kappa shape index (κ3) is 2.09. The Labute approximate surface area is 116 Å². The van der Waals surface area contributed by atoms with E-state index in [9.17, 15) is 18.0 Å². The van der Waals surface area contributed by atoms with E-state index in [0.29, 0.717) is 0 Å². The first-order valence-corrected chi connectivity index (χ1v) is 7.22. The van der Waals surface area contributed by atoms with Gasteiger partial charge >= 0.3 is 5.97 Å². The van der Waals surface area contributed by atoms with Crippen LogP contribution in [-0.2, 0) is 24.3 Å². The molecule has 0 N–H and O–H groups in total. The molecule has 0 amide bonds. The number of nitrogens with zero attached hydrogens (tertiary/aromatic N) is 1. The zero-order valence-corrected chi connectivity index (χ0v) is 12.0. The fraction of sp³-hybridized carbons (Fsp3) is 0.231. The van der Waals surface area contributed by atoms with Crippen molar-refractivity contribution in [3.8, 4) is 0 Å². The molecular formula is C13H13NO5S. The summed E-state index contributed by atoms with van der Waals surface area (Å²) < 4.78 is 30.6. The summed E-state index contributed by atoms with van der Waals surface area (Å²) in [4.78, 5) is 23.0. The molecule has 6 nitrogen and oxygen atoms in total. The smallest absolute Gasteiger partial charge is 0.308 e. The zero-order chi connectivity index (χ0) is 15.1. The first kappa shape index (κ1) is 14.3. The number of fused-ring (bicyclic) bond motifs is 1. The van der Waals surface area contributed by atoms with Crippen LogP contribution in [0, 0.1) is 0 Å². The number of Topliss-reactive ketones (excluding diaryl/α,β-unsaturated/α-hetero) is 1. The normalized spacial score (nSPS) is 16.6. The molecular weight excluding hydrogens is 282 g/mol. The fourth-order valence-electron chi connectivity index (χ4n) is 2.05. The van der Waals surface area contributed by atoms with E-state index in [-0.39, 0.29) is 21.9 Å². The highest BCUT2D eigenvalue weighted by molar-refractivity contribution is 7.89. The molecule has 1 aromatic rings. The summed E-state index contributed by atoms with van der Waals surface area (Å²) in [7, 11) is -2.56. The molecule has 0 aromatic heterocycles. The Kier molecular flexibility index (Phi) is 3.39. The summed E-state index contributed by atoms with van der Waals surface area (Å²) >= 11 is 0. The van der Waals surface area contributed by atoms with Crippen molar-refractivity contribution in [1.82, 2.24) is 4.31 Å². The van der Waals surface area contributed by atoms with E-state index in [1.54, 1.807) is 12.1 Å². The fourth-order valence-corrected chi connectivity index (χ4v) is 3.48. The number of allylic oxidation sites excluding steroid dienone is 1. The van der Waals surface area contributed by atoms with E-state index in [2.05, 4.69) is 0 Å². The Morgan fingerprint density at radius 2 is 1.75 bits per heavy atom. The highest BCUT2D eigenvalue weighted by Crippen LogP contribution is 2.36. The summed E-state index contributed by atoms with van der Waals surface area (Å²) in [5, 5.41) is 0. The molecule has 7 heteroatoms. The van der Waals surface area contributed by atoms with Gasteiger partial charge in [0, 0.05) is 26.5 Å². The minimum atomic E-state index is -3.82. The van der Waals surface area contributed by atoms with Crippen LogP contribution in [0.4, 0.5) is 0 Å². The molecule has 106 valence electrons. The number of rotatable bonds is 2. The summed E-state index contributed by atoms with van der Waals surface area (Å²) in [6, 6.07) is 6.08. The monoisotopic (exact) mass is 295 g/mol. The number of likely N-dealkylation sites (N-methyl/N-ethyl adjacent to an activating group) is 1. The Bertz CT molecular complexity index is 733. The molecule has 0 spiro atoms. The van der Waals surface area contributed by atoms with Crippen LogP contribution in [0.2, 0.25) is 0 Å². The van der Waals surface area contributed by atoms with Crippen molar-refractivity contribution in [1.29, 1.82) is 0 Å². The van der Waals surface area contributed by atoms with Gasteiger partial charge < -0.3 is 4.74 Å². The van der Waals surface area contributed by atoms with Gasteiger partial charge in [-0.05, 0) is 12.1 Å². The van der Waals surface area contributed by atoms with Crippen LogP contribution in [0.1, 0.15) is 19.4 Å². The van der Waals surface area contributed by atoms with Crippen LogP contribution in [0.15, 0.2) is 34.9 Å². The van der Waals surface area contributed by atoms with Crippen molar-refractivity contribution in [2.75, 3.05) is 7.05 Å². The maximum Gasteiger partial charge on any atom is 0.308 e. The third-order valence-electron chi connectivity index (χ3n) is 2.88. The van der Waals surface area contributed by atoms with Gasteiger partial charge in [-0.15, -0.1) is 0 Å². The van der Waals surface area contributed by atoms with Gasteiger partial charge in [0.2, 0.25) is 0 Å². The van der Waals surface area contributed by atoms with E-state index < -0.39 is 21.8 Å². The van der Waals surface area contributed by atoms with E-state index in [0.717, 1.165) is 4.31 Å². The molecule has 0 saturated heterocycles. The summed E-state index contributed by atoms with van der Waals surface area (Å²) in [6.07, 6.45) is 0. The standard InChI is InChI=1S/C13H13NO5S/c1-8(15)12-13(19-9(2)16)10-6-4-5-7-11(10)20(17,18)14(12)3/h4-7H,1-3H3. The average molecular weight is 295 g/mol. The number of ether oxygens (including phenoxy) is 1. The van der Waals surface area contributed by atoms with Crippen LogP contribution in [-0.4, -0.2) is 31.5 Å². The number of hydrogen-bond acceptors (Lipinski definition) is 5. The highest BCUT2D eigenvalue weighted by Gasteiger charge is 2.37. The van der Waals surface area contributed by atoms with Gasteiger partial charge in [-0.2, -0.15) is 0 Å². The minimum absolute atomic E-state index is 0.00347. The number of sulfonamides is 1. The SMILES string of the molecule is CC(=O)OC1=C(C(C)=O)N(C)S(=O)(=O)c2ccccc21. The molecule has 1 heterocycles. The number of ketones is 1. The average Bonchev–Trinajstić information content (AvgIpc) is 2.35. The molecule has 0 atom stereocenters. The van der Waals surface area contributed by atoms with Crippen molar-refractivity contribution in [3.05, 3.63) is 35.5 Å². The van der Waals surface area contributed by atoms with Crippen molar-refractivity contribution in [2.24, 2.45) is 0 Å². The first-order chi connectivity index (χ1) is 9.26. The second-order valence-corrected chi connectivity index (χ2v) is 6.23. The van der Waals surface area contributed by atoms with Gasteiger partial charge in [0.05, 0.1) is 4.90 Å². The topological polar surface area (TPSA) is 80.8 Å². The Balaban J connectivity index is 2.85. The lowest BCUT2D eigenvalue weighted by Crippen LogP contribution is -2.35. The molecule has 0 radical (unpaired) electrons. The van der Waals surface area contributed by atoms with Gasteiger partial charge in [0.25, 0.3) is 10.0 Å². The molecule has 0 saturated carbocycles. The van der Waals surface area contributed by atoms with Crippen LogP contribution in [0.5, 0.6) is 0 Å². The number of esters is 1. The number of benzene rings is 1. The van der Waals surface area contributed by atoms with E-state index in [1.165, 1.54) is 33.0 Å². The molecule has 1 aliphatic heterocycles. The maximum absolute atomic E-state index is 12.3. The Morgan fingerprint density at radius 3 is 2.30 bits per heavy atom. The second-order valence-electron chi connectivity index (χ2n) is 4.30. The lowest BCUT2D eigenvalue weighted by atomic mass is 10.1. The van der Waals surface area contributed by atoms with Gasteiger partial charge in [-0.25, -0.2) is 8.42 Å². The Morgan fingerprint density at radius 1 is 1.15 bits per heavy atom. The van der Waals surface area contributed by atoms with E-state index in [1.807, 2.05) is 0 Å². The molecule has 0 bridgehead atoms. The van der Waals surface area contributed by atoms with E-state index >= 15 is 0 Å². The predicted molar refractivity (Wildman–Crippen MR) is 70.8 cm³/mol. The summed E-state index contributed by atoms with van der Waals surface area (Å²) in [6.45, 7) is 2.41. The Hall–Kier alpha value is -2.15. The summed E-state index contributed by atoms with van der Waals surface area (Å²) in [5.41, 5.74) is 0.0601. The predicted octanol–water partition coefficient (Wildman–Crippen LogP) is 1.14. The van der Waals surface area contributed by atoms with Crippen molar-refractivity contribution in [3.63, 3.8) is 0 Å². The minimum Gasteiger partial charge on any atom is -0.424 e.